The van der Waals surface area contributed by atoms with Gasteiger partial charge in [0.15, 0.2) is 11.5 Å². The van der Waals surface area contributed by atoms with Crippen LogP contribution in [0.15, 0.2) is 30.6 Å². The molecule has 0 aliphatic rings. The van der Waals surface area contributed by atoms with Crippen molar-refractivity contribution < 1.29 is 4.74 Å². The van der Waals surface area contributed by atoms with Crippen LogP contribution < -0.4 is 5.32 Å². The second-order valence-electron chi connectivity index (χ2n) is 4.63. The highest BCUT2D eigenvalue weighted by atomic mass is 16.5. The van der Waals surface area contributed by atoms with Gasteiger partial charge in [0.05, 0.1) is 18.4 Å². The number of aryl methyl sites for hydroxylation is 1. The monoisotopic (exact) mass is 284 g/mol. The third kappa shape index (κ3) is 2.97. The van der Waals surface area contributed by atoms with Crippen molar-refractivity contribution in [2.45, 2.75) is 20.1 Å². The van der Waals surface area contributed by atoms with E-state index in [1.807, 2.05) is 25.1 Å². The molecule has 3 heterocycles. The number of hydrogen-bond donors (Lipinski definition) is 1. The number of hydrogen-bond acceptors (Lipinski definition) is 6. The molecule has 0 fully saturated rings. The molecule has 0 amide bonds. The van der Waals surface area contributed by atoms with Crippen LogP contribution in [-0.4, -0.2) is 31.7 Å². The summed E-state index contributed by atoms with van der Waals surface area (Å²) in [6.07, 6.45) is 3.51. The minimum atomic E-state index is 0.398. The summed E-state index contributed by atoms with van der Waals surface area (Å²) in [5.74, 6) is 1.44. The van der Waals surface area contributed by atoms with Crippen molar-refractivity contribution >= 4 is 11.5 Å². The number of fused-ring (bicyclic) bond motifs is 1. The Morgan fingerprint density at radius 3 is 3.00 bits per heavy atom. The Hall–Kier alpha value is -2.54. The lowest BCUT2D eigenvalue weighted by Gasteiger charge is -2.09. The molecule has 0 saturated carbocycles. The average molecular weight is 284 g/mol. The molecule has 3 rings (SSSR count). The van der Waals surface area contributed by atoms with E-state index in [-0.39, 0.29) is 0 Å². The zero-order valence-electron chi connectivity index (χ0n) is 11.9. The quantitative estimate of drug-likeness (QED) is 0.766. The van der Waals surface area contributed by atoms with Crippen molar-refractivity contribution in [3.05, 3.63) is 47.8 Å². The number of ether oxygens (including phenoxy) is 1. The van der Waals surface area contributed by atoms with Crippen molar-refractivity contribution in [1.82, 2.24) is 24.6 Å². The van der Waals surface area contributed by atoms with Crippen LogP contribution in [0.4, 0.5) is 5.82 Å². The maximum Gasteiger partial charge on any atom is 0.156 e. The number of methoxy groups -OCH3 is 1. The number of aromatic nitrogens is 5. The molecule has 0 saturated heterocycles. The van der Waals surface area contributed by atoms with Crippen LogP contribution in [0.1, 0.15) is 17.2 Å². The molecule has 0 aliphatic carbocycles. The van der Waals surface area contributed by atoms with Gasteiger partial charge in [0, 0.05) is 31.1 Å². The third-order valence-corrected chi connectivity index (χ3v) is 2.99. The Morgan fingerprint density at radius 2 is 2.14 bits per heavy atom. The Morgan fingerprint density at radius 1 is 1.24 bits per heavy atom. The second kappa shape index (κ2) is 5.84. The van der Waals surface area contributed by atoms with Gasteiger partial charge in [0.25, 0.3) is 0 Å². The van der Waals surface area contributed by atoms with Gasteiger partial charge in [-0.25, -0.2) is 19.5 Å². The predicted octanol–water partition coefficient (Wildman–Crippen LogP) is 1.59. The summed E-state index contributed by atoms with van der Waals surface area (Å²) >= 11 is 0. The van der Waals surface area contributed by atoms with Crippen molar-refractivity contribution in [3.63, 3.8) is 0 Å². The Kier molecular flexibility index (Phi) is 3.74. The van der Waals surface area contributed by atoms with Crippen LogP contribution in [0.5, 0.6) is 0 Å². The highest BCUT2D eigenvalue weighted by molar-refractivity contribution is 5.39. The summed E-state index contributed by atoms with van der Waals surface area (Å²) < 4.78 is 6.88. The van der Waals surface area contributed by atoms with Crippen LogP contribution in [0.3, 0.4) is 0 Å². The molecule has 3 aromatic heterocycles. The minimum absolute atomic E-state index is 0.398. The molecule has 21 heavy (non-hydrogen) atoms. The fraction of sp³-hybridized carbons (Fsp3) is 0.286. The summed E-state index contributed by atoms with van der Waals surface area (Å²) in [7, 11) is 1.63. The van der Waals surface area contributed by atoms with E-state index in [9.17, 15) is 0 Å². The van der Waals surface area contributed by atoms with E-state index in [2.05, 4.69) is 25.4 Å². The average Bonchev–Trinajstić information content (AvgIpc) is 2.94. The zero-order valence-corrected chi connectivity index (χ0v) is 11.9. The highest BCUT2D eigenvalue weighted by Crippen LogP contribution is 2.10. The van der Waals surface area contributed by atoms with Crippen LogP contribution in [0.2, 0.25) is 0 Å². The molecule has 0 radical (unpaired) electrons. The van der Waals surface area contributed by atoms with E-state index < -0.39 is 0 Å². The van der Waals surface area contributed by atoms with Crippen molar-refractivity contribution in [2.24, 2.45) is 0 Å². The summed E-state index contributed by atoms with van der Waals surface area (Å²) in [4.78, 5) is 13.0. The molecule has 0 bridgehead atoms. The maximum absolute atomic E-state index is 5.07. The molecule has 0 aliphatic heterocycles. The largest absolute Gasteiger partial charge is 0.377 e. The molecule has 7 heteroatoms. The standard InChI is InChI=1S/C14H16N6O/c1-10-7-12(19-13(18-10)9-21-2)16-8-11-3-5-15-14-4-6-17-20(11)14/h3-7H,8-9H2,1-2H3,(H,16,18,19). The second-order valence-corrected chi connectivity index (χ2v) is 4.63. The Bertz CT molecular complexity index is 754. The molecular formula is C14H16N6O. The SMILES string of the molecule is COCc1nc(C)cc(NCc2ccnc3ccnn23)n1. The van der Waals surface area contributed by atoms with Gasteiger partial charge < -0.3 is 10.1 Å². The van der Waals surface area contributed by atoms with E-state index in [1.54, 1.807) is 24.0 Å². The van der Waals surface area contributed by atoms with Crippen LogP contribution in [0.25, 0.3) is 5.65 Å². The van der Waals surface area contributed by atoms with Gasteiger partial charge in [-0.3, -0.25) is 0 Å². The first-order chi connectivity index (χ1) is 10.3. The molecule has 108 valence electrons. The molecular weight excluding hydrogens is 268 g/mol. The van der Waals surface area contributed by atoms with Crippen molar-refractivity contribution in [2.75, 3.05) is 12.4 Å². The smallest absolute Gasteiger partial charge is 0.156 e. The highest BCUT2D eigenvalue weighted by Gasteiger charge is 2.05. The molecule has 0 unspecified atom stereocenters. The summed E-state index contributed by atoms with van der Waals surface area (Å²) in [5, 5.41) is 7.54. The minimum Gasteiger partial charge on any atom is -0.377 e. The van der Waals surface area contributed by atoms with Gasteiger partial charge in [-0.15, -0.1) is 0 Å². The lowest BCUT2D eigenvalue weighted by atomic mass is 10.3. The molecule has 3 aromatic rings. The Labute approximate surface area is 122 Å². The molecule has 1 N–H and O–H groups in total. The first kappa shape index (κ1) is 13.4. The normalized spacial score (nSPS) is 11.0. The molecule has 0 aromatic carbocycles. The number of nitrogens with zero attached hydrogens (tertiary/aromatic N) is 5. The summed E-state index contributed by atoms with van der Waals surface area (Å²) in [6, 6.07) is 5.70. The Balaban J connectivity index is 1.80. The van der Waals surface area contributed by atoms with Crippen LogP contribution >= 0.6 is 0 Å². The molecule has 7 nitrogen and oxygen atoms in total. The summed E-state index contributed by atoms with van der Waals surface area (Å²) in [6.45, 7) is 2.93. The van der Waals surface area contributed by atoms with Gasteiger partial charge in [-0.05, 0) is 13.0 Å². The van der Waals surface area contributed by atoms with Gasteiger partial charge in [-0.1, -0.05) is 0 Å². The fourth-order valence-electron chi connectivity index (χ4n) is 2.11. The first-order valence-corrected chi connectivity index (χ1v) is 6.61. The van der Waals surface area contributed by atoms with Crippen LogP contribution in [-0.2, 0) is 17.9 Å². The van der Waals surface area contributed by atoms with Gasteiger partial charge in [0.1, 0.15) is 12.4 Å². The topological polar surface area (TPSA) is 77.2 Å². The molecule has 0 spiro atoms. The van der Waals surface area contributed by atoms with Crippen LogP contribution in [0, 0.1) is 6.92 Å². The van der Waals surface area contributed by atoms with Crippen molar-refractivity contribution in [3.8, 4) is 0 Å². The lowest BCUT2D eigenvalue weighted by molar-refractivity contribution is 0.177. The van der Waals surface area contributed by atoms with E-state index in [4.69, 9.17) is 4.74 Å². The lowest BCUT2D eigenvalue weighted by Crippen LogP contribution is -2.09. The van der Waals surface area contributed by atoms with Gasteiger partial charge in [0.2, 0.25) is 0 Å². The van der Waals surface area contributed by atoms with E-state index in [0.29, 0.717) is 19.0 Å². The van der Waals surface area contributed by atoms with Gasteiger partial charge in [-0.2, -0.15) is 5.10 Å². The first-order valence-electron chi connectivity index (χ1n) is 6.61. The summed E-state index contributed by atoms with van der Waals surface area (Å²) in [5.41, 5.74) is 2.74. The maximum atomic E-state index is 5.07. The van der Waals surface area contributed by atoms with Gasteiger partial charge >= 0.3 is 0 Å². The van der Waals surface area contributed by atoms with E-state index in [0.717, 1.165) is 22.9 Å². The fourth-order valence-corrected chi connectivity index (χ4v) is 2.11. The number of rotatable bonds is 5. The van der Waals surface area contributed by atoms with Crippen molar-refractivity contribution in [1.29, 1.82) is 0 Å². The molecule has 0 atom stereocenters. The number of anilines is 1. The zero-order chi connectivity index (χ0) is 14.7. The van der Waals surface area contributed by atoms with E-state index in [1.165, 1.54) is 0 Å². The van der Waals surface area contributed by atoms with E-state index >= 15 is 0 Å². The predicted molar refractivity (Wildman–Crippen MR) is 77.8 cm³/mol. The third-order valence-electron chi connectivity index (χ3n) is 2.99. The number of nitrogens with one attached hydrogen (secondary N) is 1.